The molecule has 0 unspecified atom stereocenters. The number of H-pyrrole nitrogens is 1. The molecule has 104 valence electrons. The highest BCUT2D eigenvalue weighted by molar-refractivity contribution is 5.88. The summed E-state index contributed by atoms with van der Waals surface area (Å²) in [5.41, 5.74) is -1.90. The molecule has 0 spiro atoms. The molecule has 0 saturated carbocycles. The average molecular weight is 283 g/mol. The molecule has 0 atom stereocenters. The number of aromatic carboxylic acids is 1. The minimum absolute atomic E-state index is 0.00387. The van der Waals surface area contributed by atoms with Crippen LogP contribution in [0.1, 0.15) is 15.9 Å². The normalized spacial score (nSPS) is 11.3. The summed E-state index contributed by atoms with van der Waals surface area (Å²) in [7, 11) is 0. The molecule has 0 aliphatic rings. The van der Waals surface area contributed by atoms with Gasteiger partial charge in [-0.15, -0.1) is 0 Å². The second-order valence-corrected chi connectivity index (χ2v) is 4.01. The quantitative estimate of drug-likeness (QED) is 0.890. The van der Waals surface area contributed by atoms with Gasteiger partial charge >= 0.3 is 12.1 Å². The molecule has 20 heavy (non-hydrogen) atoms. The molecule has 2 aromatic rings. The van der Waals surface area contributed by atoms with Crippen LogP contribution in [0.5, 0.6) is 0 Å². The molecule has 4 nitrogen and oxygen atoms in total. The van der Waals surface area contributed by atoms with E-state index in [-0.39, 0.29) is 16.7 Å². The number of halogens is 3. The maximum atomic E-state index is 12.6. The molecule has 7 heteroatoms. The van der Waals surface area contributed by atoms with E-state index in [2.05, 4.69) is 4.98 Å². The number of rotatable bonds is 2. The number of hydrogen-bond acceptors (Lipinski definition) is 2. The van der Waals surface area contributed by atoms with E-state index in [0.29, 0.717) is 0 Å². The van der Waals surface area contributed by atoms with Crippen LogP contribution in [0.25, 0.3) is 11.1 Å². The van der Waals surface area contributed by atoms with Gasteiger partial charge in [0.1, 0.15) is 0 Å². The predicted molar refractivity (Wildman–Crippen MR) is 64.5 cm³/mol. The van der Waals surface area contributed by atoms with E-state index in [1.165, 1.54) is 6.07 Å². The summed E-state index contributed by atoms with van der Waals surface area (Å²) in [5.74, 6) is -1.28. The van der Waals surface area contributed by atoms with E-state index in [9.17, 15) is 22.8 Å². The van der Waals surface area contributed by atoms with Crippen LogP contribution in [0.4, 0.5) is 13.2 Å². The molecule has 0 fully saturated rings. The van der Waals surface area contributed by atoms with Crippen LogP contribution in [0.2, 0.25) is 0 Å². The van der Waals surface area contributed by atoms with Crippen LogP contribution < -0.4 is 5.56 Å². The van der Waals surface area contributed by atoms with Crippen LogP contribution in [0.3, 0.4) is 0 Å². The molecule has 1 aromatic carbocycles. The highest BCUT2D eigenvalue weighted by Gasteiger charge is 2.30. The number of pyridine rings is 1. The lowest BCUT2D eigenvalue weighted by Crippen LogP contribution is -2.12. The summed E-state index contributed by atoms with van der Waals surface area (Å²) in [4.78, 5) is 24.6. The third-order valence-corrected chi connectivity index (χ3v) is 2.65. The third kappa shape index (κ3) is 2.71. The SMILES string of the molecule is O=C(O)c1c[nH]c(=O)c(-c2cccc(C(F)(F)F)c2)c1. The number of carboxylic acids is 1. The van der Waals surface area contributed by atoms with E-state index in [1.54, 1.807) is 0 Å². The highest BCUT2D eigenvalue weighted by Crippen LogP contribution is 2.31. The molecular formula is C13H8F3NO3. The summed E-state index contributed by atoms with van der Waals surface area (Å²) in [6.45, 7) is 0. The average Bonchev–Trinajstić information content (AvgIpc) is 2.38. The Bertz CT molecular complexity index is 719. The maximum Gasteiger partial charge on any atom is 0.416 e. The van der Waals surface area contributed by atoms with E-state index < -0.39 is 23.3 Å². The highest BCUT2D eigenvalue weighted by atomic mass is 19.4. The minimum Gasteiger partial charge on any atom is -0.478 e. The van der Waals surface area contributed by atoms with Gasteiger partial charge < -0.3 is 10.1 Å². The van der Waals surface area contributed by atoms with Crippen molar-refractivity contribution >= 4 is 5.97 Å². The summed E-state index contributed by atoms with van der Waals surface area (Å²) in [6.07, 6.45) is -3.55. The van der Waals surface area contributed by atoms with Crippen LogP contribution in [0, 0.1) is 0 Å². The lowest BCUT2D eigenvalue weighted by Gasteiger charge is -2.08. The predicted octanol–water partition coefficient (Wildman–Crippen LogP) is 2.76. The Morgan fingerprint density at radius 2 is 1.90 bits per heavy atom. The fraction of sp³-hybridized carbons (Fsp3) is 0.0769. The first-order valence-electron chi connectivity index (χ1n) is 5.42. The number of aromatic nitrogens is 1. The topological polar surface area (TPSA) is 70.2 Å². The fourth-order valence-electron chi connectivity index (χ4n) is 1.68. The zero-order valence-electron chi connectivity index (χ0n) is 9.86. The van der Waals surface area contributed by atoms with Gasteiger partial charge in [0.2, 0.25) is 0 Å². The first-order chi connectivity index (χ1) is 9.29. The molecule has 2 rings (SSSR count). The zero-order valence-corrected chi connectivity index (χ0v) is 9.86. The van der Waals surface area contributed by atoms with Gasteiger partial charge in [-0.1, -0.05) is 12.1 Å². The zero-order chi connectivity index (χ0) is 14.9. The van der Waals surface area contributed by atoms with E-state index >= 15 is 0 Å². The van der Waals surface area contributed by atoms with Crippen molar-refractivity contribution in [1.82, 2.24) is 4.98 Å². The minimum atomic E-state index is -4.53. The molecular weight excluding hydrogens is 275 g/mol. The number of carboxylic acid groups (broad SMARTS) is 1. The van der Waals surface area contributed by atoms with Crippen LogP contribution in [-0.2, 0) is 6.18 Å². The molecule has 1 heterocycles. The van der Waals surface area contributed by atoms with Gasteiger partial charge in [0.15, 0.2) is 0 Å². The monoisotopic (exact) mass is 283 g/mol. The van der Waals surface area contributed by atoms with Crippen molar-refractivity contribution in [2.45, 2.75) is 6.18 Å². The van der Waals surface area contributed by atoms with Gasteiger partial charge in [-0.25, -0.2) is 4.79 Å². The largest absolute Gasteiger partial charge is 0.478 e. The number of benzene rings is 1. The molecule has 0 radical (unpaired) electrons. The number of aromatic amines is 1. The standard InChI is InChI=1S/C13H8F3NO3/c14-13(15,16)9-3-1-2-7(4-9)10-5-8(12(19)20)6-17-11(10)18/h1-6H,(H,17,18)(H,19,20). The second kappa shape index (κ2) is 4.84. The molecule has 0 aliphatic carbocycles. The Morgan fingerprint density at radius 1 is 1.20 bits per heavy atom. The summed E-state index contributed by atoms with van der Waals surface area (Å²) in [5, 5.41) is 8.83. The smallest absolute Gasteiger partial charge is 0.416 e. The van der Waals surface area contributed by atoms with Gasteiger partial charge in [0, 0.05) is 11.8 Å². The molecule has 0 saturated heterocycles. The Labute approximate surface area is 110 Å². The molecule has 0 bridgehead atoms. The van der Waals surface area contributed by atoms with E-state index in [1.807, 2.05) is 0 Å². The van der Waals surface area contributed by atoms with Crippen molar-refractivity contribution < 1.29 is 23.1 Å². The van der Waals surface area contributed by atoms with Gasteiger partial charge in [-0.2, -0.15) is 13.2 Å². The van der Waals surface area contributed by atoms with Crippen molar-refractivity contribution in [3.63, 3.8) is 0 Å². The Morgan fingerprint density at radius 3 is 2.50 bits per heavy atom. The fourth-order valence-corrected chi connectivity index (χ4v) is 1.68. The Kier molecular flexibility index (Phi) is 3.35. The van der Waals surface area contributed by atoms with Crippen molar-refractivity contribution in [3.8, 4) is 11.1 Å². The van der Waals surface area contributed by atoms with Crippen molar-refractivity contribution in [2.75, 3.05) is 0 Å². The molecule has 1 aromatic heterocycles. The first-order valence-corrected chi connectivity index (χ1v) is 5.42. The summed E-state index contributed by atoms with van der Waals surface area (Å²) < 4.78 is 37.8. The Balaban J connectivity index is 2.60. The number of hydrogen-bond donors (Lipinski definition) is 2. The van der Waals surface area contributed by atoms with E-state index in [0.717, 1.165) is 30.5 Å². The van der Waals surface area contributed by atoms with Gasteiger partial charge in [-0.05, 0) is 23.8 Å². The van der Waals surface area contributed by atoms with Gasteiger partial charge in [0.05, 0.1) is 11.1 Å². The summed E-state index contributed by atoms with van der Waals surface area (Å²) >= 11 is 0. The maximum absolute atomic E-state index is 12.6. The molecule has 2 N–H and O–H groups in total. The number of nitrogens with one attached hydrogen (secondary N) is 1. The third-order valence-electron chi connectivity index (χ3n) is 2.65. The number of alkyl halides is 3. The van der Waals surface area contributed by atoms with Crippen molar-refractivity contribution in [2.24, 2.45) is 0 Å². The lowest BCUT2D eigenvalue weighted by molar-refractivity contribution is -0.137. The number of carbonyl (C=O) groups is 1. The molecule has 0 aliphatic heterocycles. The lowest BCUT2D eigenvalue weighted by atomic mass is 10.0. The Hall–Kier alpha value is -2.57. The van der Waals surface area contributed by atoms with Gasteiger partial charge in [-0.3, -0.25) is 4.79 Å². The van der Waals surface area contributed by atoms with Crippen LogP contribution >= 0.6 is 0 Å². The first kappa shape index (κ1) is 13.9. The summed E-state index contributed by atoms with van der Waals surface area (Å²) in [6, 6.07) is 5.18. The van der Waals surface area contributed by atoms with Crippen LogP contribution in [0.15, 0.2) is 41.3 Å². The second-order valence-electron chi connectivity index (χ2n) is 4.01. The van der Waals surface area contributed by atoms with E-state index in [4.69, 9.17) is 5.11 Å². The van der Waals surface area contributed by atoms with Crippen molar-refractivity contribution in [3.05, 3.63) is 58.0 Å². The van der Waals surface area contributed by atoms with Crippen LogP contribution in [-0.4, -0.2) is 16.1 Å². The van der Waals surface area contributed by atoms with Gasteiger partial charge in [0.25, 0.3) is 5.56 Å². The van der Waals surface area contributed by atoms with Crippen molar-refractivity contribution in [1.29, 1.82) is 0 Å². The molecule has 0 amide bonds.